The van der Waals surface area contributed by atoms with Gasteiger partial charge in [0.25, 0.3) is 0 Å². The molecule has 1 aromatic rings. The normalized spacial score (nSPS) is 21.0. The Morgan fingerprint density at radius 1 is 1.35 bits per heavy atom. The van der Waals surface area contributed by atoms with E-state index in [4.69, 9.17) is 5.73 Å². The maximum absolute atomic E-state index is 12.7. The number of rotatable bonds is 7. The molecule has 0 bridgehead atoms. The van der Waals surface area contributed by atoms with Gasteiger partial charge < -0.3 is 10.6 Å². The molecule has 23 heavy (non-hydrogen) atoms. The van der Waals surface area contributed by atoms with Crippen molar-refractivity contribution in [3.8, 4) is 0 Å². The number of sulfone groups is 1. The fraction of sp³-hybridized carbons (Fsp3) is 0.588. The van der Waals surface area contributed by atoms with Crippen LogP contribution in [0.15, 0.2) is 30.3 Å². The molecule has 2 N–H and O–H groups in total. The lowest BCUT2D eigenvalue weighted by Gasteiger charge is -2.29. The number of hydrogen-bond donors (Lipinski definition) is 1. The summed E-state index contributed by atoms with van der Waals surface area (Å²) < 4.78 is 23.4. The first-order valence-corrected chi connectivity index (χ1v) is 10.1. The second kappa shape index (κ2) is 7.93. The van der Waals surface area contributed by atoms with Gasteiger partial charge in [-0.1, -0.05) is 43.7 Å². The highest BCUT2D eigenvalue weighted by Crippen LogP contribution is 2.22. The highest BCUT2D eigenvalue weighted by molar-refractivity contribution is 7.91. The van der Waals surface area contributed by atoms with Gasteiger partial charge in [-0.05, 0) is 18.4 Å². The van der Waals surface area contributed by atoms with E-state index in [0.717, 1.165) is 18.4 Å². The summed E-state index contributed by atoms with van der Waals surface area (Å²) >= 11 is 0. The van der Waals surface area contributed by atoms with Gasteiger partial charge >= 0.3 is 0 Å². The van der Waals surface area contributed by atoms with E-state index in [1.165, 1.54) is 0 Å². The monoisotopic (exact) mass is 338 g/mol. The smallest absolute Gasteiger partial charge is 0.224 e. The van der Waals surface area contributed by atoms with E-state index in [9.17, 15) is 13.2 Å². The largest absolute Gasteiger partial charge is 0.339 e. The van der Waals surface area contributed by atoms with Crippen molar-refractivity contribution in [1.29, 1.82) is 0 Å². The Bertz CT molecular complexity index is 616. The summed E-state index contributed by atoms with van der Waals surface area (Å²) in [6.07, 6.45) is 2.60. The Kier molecular flexibility index (Phi) is 6.18. The van der Waals surface area contributed by atoms with Gasteiger partial charge in [-0.15, -0.1) is 0 Å². The van der Waals surface area contributed by atoms with Crippen molar-refractivity contribution >= 4 is 15.7 Å². The fourth-order valence-electron chi connectivity index (χ4n) is 2.98. The molecule has 0 aliphatic carbocycles. The molecule has 0 aromatic heterocycles. The molecule has 1 aliphatic rings. The Morgan fingerprint density at radius 3 is 2.61 bits per heavy atom. The van der Waals surface area contributed by atoms with Crippen LogP contribution in [0.1, 0.15) is 44.2 Å². The molecular formula is C17H26N2O3S. The van der Waals surface area contributed by atoms with Gasteiger partial charge in [0.05, 0.1) is 11.5 Å². The molecule has 1 heterocycles. The lowest BCUT2D eigenvalue weighted by Crippen LogP contribution is -2.42. The highest BCUT2D eigenvalue weighted by Gasteiger charge is 2.34. The van der Waals surface area contributed by atoms with Crippen LogP contribution >= 0.6 is 0 Å². The van der Waals surface area contributed by atoms with E-state index < -0.39 is 9.84 Å². The van der Waals surface area contributed by atoms with Crippen molar-refractivity contribution in [3.05, 3.63) is 35.9 Å². The third-order valence-corrected chi connectivity index (χ3v) is 6.09. The van der Waals surface area contributed by atoms with E-state index in [2.05, 4.69) is 6.92 Å². The molecule has 5 nitrogen and oxygen atoms in total. The summed E-state index contributed by atoms with van der Waals surface area (Å²) in [4.78, 5) is 14.4. The van der Waals surface area contributed by atoms with Gasteiger partial charge in [0.2, 0.25) is 5.91 Å². The van der Waals surface area contributed by atoms with Gasteiger partial charge in [0.15, 0.2) is 9.84 Å². The predicted octanol–water partition coefficient (Wildman–Crippen LogP) is 1.89. The van der Waals surface area contributed by atoms with Crippen LogP contribution in [0.4, 0.5) is 0 Å². The van der Waals surface area contributed by atoms with Crippen molar-refractivity contribution in [2.24, 2.45) is 5.73 Å². The van der Waals surface area contributed by atoms with E-state index in [1.807, 2.05) is 30.3 Å². The summed E-state index contributed by atoms with van der Waals surface area (Å²) in [7, 11) is -3.00. The molecule has 1 amide bonds. The number of amides is 1. The van der Waals surface area contributed by atoms with Crippen LogP contribution in [0.25, 0.3) is 0 Å². The number of carbonyl (C=O) groups excluding carboxylic acids is 1. The van der Waals surface area contributed by atoms with Crippen molar-refractivity contribution in [2.75, 3.05) is 18.1 Å². The molecule has 6 heteroatoms. The van der Waals surface area contributed by atoms with E-state index in [0.29, 0.717) is 13.0 Å². The predicted molar refractivity (Wildman–Crippen MR) is 91.7 cm³/mol. The minimum absolute atomic E-state index is 0.0445. The molecule has 0 spiro atoms. The fourth-order valence-corrected chi connectivity index (χ4v) is 4.71. The average molecular weight is 338 g/mol. The molecule has 2 rings (SSSR count). The van der Waals surface area contributed by atoms with Crippen LogP contribution in [0.3, 0.4) is 0 Å². The molecular weight excluding hydrogens is 312 g/mol. The topological polar surface area (TPSA) is 80.5 Å². The highest BCUT2D eigenvalue weighted by atomic mass is 32.2. The SMILES string of the molecule is CCCCN(C(=O)CC(N)c1ccccc1)C1CCS(=O)(=O)C1. The number of nitrogens with two attached hydrogens (primary N) is 1. The molecule has 1 aromatic carbocycles. The Labute approximate surface area is 138 Å². The molecule has 0 saturated carbocycles. The van der Waals surface area contributed by atoms with Crippen LogP contribution < -0.4 is 5.73 Å². The number of hydrogen-bond acceptors (Lipinski definition) is 4. The molecule has 2 unspecified atom stereocenters. The van der Waals surface area contributed by atoms with Crippen molar-refractivity contribution in [3.63, 3.8) is 0 Å². The third kappa shape index (κ3) is 5.04. The number of carbonyl (C=O) groups is 1. The minimum atomic E-state index is -3.00. The summed E-state index contributed by atoms with van der Waals surface area (Å²) in [5.74, 6) is 0.221. The molecule has 1 aliphatic heterocycles. The summed E-state index contributed by atoms with van der Waals surface area (Å²) in [5.41, 5.74) is 7.07. The molecule has 1 fully saturated rings. The van der Waals surface area contributed by atoms with Crippen molar-refractivity contribution < 1.29 is 13.2 Å². The lowest BCUT2D eigenvalue weighted by atomic mass is 10.0. The molecule has 128 valence electrons. The molecule has 2 atom stereocenters. The van der Waals surface area contributed by atoms with Gasteiger partial charge in [-0.25, -0.2) is 8.42 Å². The summed E-state index contributed by atoms with van der Waals surface area (Å²) in [5, 5.41) is 0. The molecule has 1 saturated heterocycles. The first-order valence-electron chi connectivity index (χ1n) is 8.23. The van der Waals surface area contributed by atoms with Gasteiger partial charge in [-0.2, -0.15) is 0 Å². The number of nitrogens with zero attached hydrogens (tertiary/aromatic N) is 1. The van der Waals surface area contributed by atoms with Gasteiger partial charge in [0.1, 0.15) is 0 Å². The summed E-state index contributed by atoms with van der Waals surface area (Å²) in [6, 6.07) is 8.99. The van der Waals surface area contributed by atoms with Crippen molar-refractivity contribution in [2.45, 2.75) is 44.7 Å². The third-order valence-electron chi connectivity index (χ3n) is 4.34. The van der Waals surface area contributed by atoms with Crippen LogP contribution in [-0.2, 0) is 14.6 Å². The second-order valence-electron chi connectivity index (χ2n) is 6.22. The maximum Gasteiger partial charge on any atom is 0.224 e. The van der Waals surface area contributed by atoms with Gasteiger partial charge in [-0.3, -0.25) is 4.79 Å². The van der Waals surface area contributed by atoms with Crippen LogP contribution in [-0.4, -0.2) is 43.3 Å². The second-order valence-corrected chi connectivity index (χ2v) is 8.45. The van der Waals surface area contributed by atoms with E-state index >= 15 is 0 Å². The molecule has 0 radical (unpaired) electrons. The maximum atomic E-state index is 12.7. The zero-order valence-electron chi connectivity index (χ0n) is 13.6. The number of unbranched alkanes of at least 4 members (excludes halogenated alkanes) is 1. The van der Waals surface area contributed by atoms with Crippen LogP contribution in [0.5, 0.6) is 0 Å². The quantitative estimate of drug-likeness (QED) is 0.823. The van der Waals surface area contributed by atoms with Crippen LogP contribution in [0, 0.1) is 0 Å². The average Bonchev–Trinajstić information content (AvgIpc) is 2.88. The standard InChI is InChI=1S/C17H26N2O3S/c1-2-3-10-19(15-9-11-23(21,22)13-15)17(20)12-16(18)14-7-5-4-6-8-14/h4-8,15-16H,2-3,9-13,18H2,1H3. The zero-order valence-corrected chi connectivity index (χ0v) is 14.5. The van der Waals surface area contributed by atoms with E-state index in [1.54, 1.807) is 4.90 Å². The zero-order chi connectivity index (χ0) is 16.9. The lowest BCUT2D eigenvalue weighted by molar-refractivity contribution is -0.133. The first kappa shape index (κ1) is 17.9. The first-order chi connectivity index (χ1) is 10.9. The Morgan fingerprint density at radius 2 is 2.04 bits per heavy atom. The minimum Gasteiger partial charge on any atom is -0.339 e. The Balaban J connectivity index is 2.04. The van der Waals surface area contributed by atoms with Crippen molar-refractivity contribution in [1.82, 2.24) is 4.90 Å². The van der Waals surface area contributed by atoms with E-state index in [-0.39, 0.29) is 35.9 Å². The number of benzene rings is 1. The Hall–Kier alpha value is -1.40. The summed E-state index contributed by atoms with van der Waals surface area (Å²) in [6.45, 7) is 2.67. The van der Waals surface area contributed by atoms with Crippen LogP contribution in [0.2, 0.25) is 0 Å². The van der Waals surface area contributed by atoms with Gasteiger partial charge in [0, 0.05) is 25.0 Å².